The number of fused-ring (bicyclic) bond motifs is 4. The molecule has 3 saturated carbocycles. The van der Waals surface area contributed by atoms with Gasteiger partial charge in [0.1, 0.15) is 0 Å². The van der Waals surface area contributed by atoms with E-state index in [0.29, 0.717) is 36.5 Å². The van der Waals surface area contributed by atoms with Crippen molar-refractivity contribution < 1.29 is 14.7 Å². The molecule has 0 aromatic rings. The first kappa shape index (κ1) is 23.9. The van der Waals surface area contributed by atoms with Crippen molar-refractivity contribution in [2.75, 3.05) is 0 Å². The van der Waals surface area contributed by atoms with E-state index in [9.17, 15) is 14.7 Å². The van der Waals surface area contributed by atoms with Crippen LogP contribution in [-0.2, 0) is 9.59 Å². The van der Waals surface area contributed by atoms with Gasteiger partial charge in [0.25, 0.3) is 0 Å². The molecule has 4 aliphatic rings. The van der Waals surface area contributed by atoms with E-state index in [1.807, 2.05) is 0 Å². The molecule has 178 valence electrons. The Morgan fingerprint density at radius 1 is 0.969 bits per heavy atom. The third-order valence-electron chi connectivity index (χ3n) is 10.7. The van der Waals surface area contributed by atoms with Gasteiger partial charge in [-0.1, -0.05) is 61.0 Å². The molecule has 1 N–H and O–H groups in total. The minimum atomic E-state index is -0.490. The predicted molar refractivity (Wildman–Crippen MR) is 129 cm³/mol. The fourth-order valence-electron chi connectivity index (χ4n) is 7.98. The van der Waals surface area contributed by atoms with Gasteiger partial charge in [0.2, 0.25) is 0 Å². The van der Waals surface area contributed by atoms with Gasteiger partial charge in [0.15, 0.2) is 11.6 Å². The molecule has 32 heavy (non-hydrogen) atoms. The zero-order valence-corrected chi connectivity index (χ0v) is 21.2. The average molecular weight is 441 g/mol. The quantitative estimate of drug-likeness (QED) is 0.510. The van der Waals surface area contributed by atoms with Gasteiger partial charge in [-0.3, -0.25) is 9.59 Å². The number of ketones is 2. The molecular weight excluding hydrogens is 396 g/mol. The molecule has 0 aliphatic heterocycles. The summed E-state index contributed by atoms with van der Waals surface area (Å²) in [5, 5.41) is 10.4. The molecule has 0 amide bonds. The first-order valence-corrected chi connectivity index (χ1v) is 13.1. The summed E-state index contributed by atoms with van der Waals surface area (Å²) < 4.78 is 0. The van der Waals surface area contributed by atoms with E-state index in [0.717, 1.165) is 48.8 Å². The number of Topliss-reactive ketones (excluding diaryl/α,β-unsaturated/α-hetero) is 2. The summed E-state index contributed by atoms with van der Waals surface area (Å²) >= 11 is 0. The van der Waals surface area contributed by atoms with E-state index in [4.69, 9.17) is 0 Å². The first-order chi connectivity index (χ1) is 14.9. The number of hydrogen-bond donors (Lipinski definition) is 1. The molecule has 0 unspecified atom stereocenters. The van der Waals surface area contributed by atoms with Gasteiger partial charge in [-0.25, -0.2) is 0 Å². The van der Waals surface area contributed by atoms with Crippen LogP contribution < -0.4 is 0 Å². The lowest BCUT2D eigenvalue weighted by Gasteiger charge is -2.56. The third kappa shape index (κ3) is 3.49. The van der Waals surface area contributed by atoms with Gasteiger partial charge >= 0.3 is 0 Å². The molecule has 4 rings (SSSR count). The van der Waals surface area contributed by atoms with Crippen LogP contribution in [-0.4, -0.2) is 22.8 Å². The summed E-state index contributed by atoms with van der Waals surface area (Å²) in [4.78, 5) is 27.0. The summed E-state index contributed by atoms with van der Waals surface area (Å²) in [7, 11) is 0. The van der Waals surface area contributed by atoms with Crippen LogP contribution in [0, 0.1) is 46.3 Å². The second-order valence-corrected chi connectivity index (χ2v) is 12.6. The third-order valence-corrected chi connectivity index (χ3v) is 10.7. The smallest absolute Gasteiger partial charge is 0.160 e. The van der Waals surface area contributed by atoms with Gasteiger partial charge < -0.3 is 5.11 Å². The Labute approximate surface area is 195 Å². The minimum absolute atomic E-state index is 0.0428. The van der Waals surface area contributed by atoms with Crippen molar-refractivity contribution in [1.29, 1.82) is 0 Å². The van der Waals surface area contributed by atoms with Gasteiger partial charge in [-0.2, -0.15) is 0 Å². The fourth-order valence-corrected chi connectivity index (χ4v) is 7.98. The summed E-state index contributed by atoms with van der Waals surface area (Å²) in [5.74, 6) is 2.80. The van der Waals surface area contributed by atoms with Crippen molar-refractivity contribution in [3.8, 4) is 0 Å². The molecular formula is C29H44O3. The van der Waals surface area contributed by atoms with Crippen molar-refractivity contribution in [2.24, 2.45) is 46.3 Å². The van der Waals surface area contributed by atoms with Crippen LogP contribution in [0.1, 0.15) is 92.9 Å². The normalized spacial score (nSPS) is 41.4. The molecule has 8 atom stereocenters. The van der Waals surface area contributed by atoms with Gasteiger partial charge in [0.05, 0.1) is 6.10 Å². The van der Waals surface area contributed by atoms with Gasteiger partial charge in [-0.05, 0) is 77.6 Å². The van der Waals surface area contributed by atoms with E-state index >= 15 is 0 Å². The van der Waals surface area contributed by atoms with Crippen LogP contribution in [0.15, 0.2) is 23.3 Å². The number of carbonyl (C=O) groups excluding carboxylic acids is 2. The predicted octanol–water partition coefficient (Wildman–Crippen LogP) is 6.30. The topological polar surface area (TPSA) is 54.4 Å². The van der Waals surface area contributed by atoms with Gasteiger partial charge in [-0.15, -0.1) is 0 Å². The van der Waals surface area contributed by atoms with Crippen LogP contribution in [0.4, 0.5) is 0 Å². The molecule has 0 aromatic heterocycles. The summed E-state index contributed by atoms with van der Waals surface area (Å²) in [6, 6.07) is 0. The Morgan fingerprint density at radius 2 is 1.66 bits per heavy atom. The Balaban J connectivity index is 1.66. The summed E-state index contributed by atoms with van der Waals surface area (Å²) in [6.45, 7) is 18.0. The number of rotatable bonds is 5. The standard InChI is InChI=1S/C29H44O3/c1-16(2)17(3)8-9-18(4)21-14-25(32)27-26-20(10-12-29(21,27)7)28(6)13-11-23(30)19(5)22(28)15-24(26)31/h16-18,20-23,30H,5,8-15H2,1-4,6-7H3/t17-,18-,20+,21-,22+,23+,28-,29-/m1/s1. The molecule has 0 aromatic carbocycles. The van der Waals surface area contributed by atoms with Crippen LogP contribution in [0.2, 0.25) is 0 Å². The maximum atomic E-state index is 13.5. The highest BCUT2D eigenvalue weighted by molar-refractivity contribution is 6.10. The summed E-state index contributed by atoms with van der Waals surface area (Å²) in [5.41, 5.74) is 2.41. The number of aliphatic hydroxyl groups excluding tert-OH is 1. The fraction of sp³-hybridized carbons (Fsp3) is 0.793. The molecule has 4 aliphatic carbocycles. The lowest BCUT2D eigenvalue weighted by molar-refractivity contribution is -0.125. The minimum Gasteiger partial charge on any atom is -0.389 e. The Hall–Kier alpha value is -1.22. The molecule has 3 nitrogen and oxygen atoms in total. The van der Waals surface area contributed by atoms with Crippen molar-refractivity contribution >= 4 is 11.6 Å². The van der Waals surface area contributed by atoms with Crippen LogP contribution >= 0.6 is 0 Å². The monoisotopic (exact) mass is 440 g/mol. The van der Waals surface area contributed by atoms with Crippen molar-refractivity contribution in [2.45, 2.75) is 99.0 Å². The van der Waals surface area contributed by atoms with Crippen LogP contribution in [0.25, 0.3) is 0 Å². The van der Waals surface area contributed by atoms with Crippen LogP contribution in [0.5, 0.6) is 0 Å². The van der Waals surface area contributed by atoms with Crippen LogP contribution in [0.3, 0.4) is 0 Å². The highest BCUT2D eigenvalue weighted by atomic mass is 16.3. The number of aliphatic hydroxyl groups is 1. The van der Waals surface area contributed by atoms with Crippen molar-refractivity contribution in [1.82, 2.24) is 0 Å². The van der Waals surface area contributed by atoms with Crippen molar-refractivity contribution in [3.05, 3.63) is 23.3 Å². The molecule has 0 spiro atoms. The van der Waals surface area contributed by atoms with Gasteiger partial charge in [0, 0.05) is 24.0 Å². The zero-order valence-electron chi connectivity index (χ0n) is 21.2. The molecule has 0 radical (unpaired) electrons. The first-order valence-electron chi connectivity index (χ1n) is 13.1. The van der Waals surface area contributed by atoms with E-state index in [2.05, 4.69) is 48.1 Å². The molecule has 0 saturated heterocycles. The molecule has 0 heterocycles. The second kappa shape index (κ2) is 8.22. The number of hydrogen-bond acceptors (Lipinski definition) is 3. The Morgan fingerprint density at radius 3 is 2.31 bits per heavy atom. The van der Waals surface area contributed by atoms with E-state index < -0.39 is 6.10 Å². The van der Waals surface area contributed by atoms with Crippen molar-refractivity contribution in [3.63, 3.8) is 0 Å². The zero-order chi connectivity index (χ0) is 23.6. The summed E-state index contributed by atoms with van der Waals surface area (Å²) in [6.07, 6.45) is 6.51. The Kier molecular flexibility index (Phi) is 6.14. The van der Waals surface area contributed by atoms with E-state index in [-0.39, 0.29) is 34.2 Å². The SMILES string of the molecule is C=C1[C@@H](O)CC[C@@]2(C)[C@H]1CC(=O)C1=C3C(=O)C[C@H]([C@H](C)CC[C@@H](C)C(C)C)[C@@]3(C)CC[C@@H]12. The maximum Gasteiger partial charge on any atom is 0.160 e. The number of allylic oxidation sites excluding steroid dienone is 2. The molecule has 0 bridgehead atoms. The lowest BCUT2D eigenvalue weighted by Crippen LogP contribution is -2.52. The van der Waals surface area contributed by atoms with E-state index in [1.165, 1.54) is 6.42 Å². The maximum absolute atomic E-state index is 13.5. The second-order valence-electron chi connectivity index (χ2n) is 12.6. The highest BCUT2D eigenvalue weighted by Crippen LogP contribution is 2.65. The average Bonchev–Trinajstić information content (AvgIpc) is 3.01. The molecule has 3 heteroatoms. The van der Waals surface area contributed by atoms with E-state index in [1.54, 1.807) is 0 Å². The Bertz CT molecular complexity index is 850. The highest BCUT2D eigenvalue weighted by Gasteiger charge is 2.60. The molecule has 3 fully saturated rings. The largest absolute Gasteiger partial charge is 0.389 e. The lowest BCUT2D eigenvalue weighted by atomic mass is 9.47. The number of carbonyl (C=O) groups is 2.